The lowest BCUT2D eigenvalue weighted by Crippen LogP contribution is -3.15. The Bertz CT molecular complexity index is 817. The van der Waals surface area contributed by atoms with Crippen molar-refractivity contribution in [3.63, 3.8) is 0 Å². The van der Waals surface area contributed by atoms with E-state index in [4.69, 9.17) is 11.6 Å². The molecule has 1 aromatic carbocycles. The zero-order valence-electron chi connectivity index (χ0n) is 16.3. The molecule has 29 heavy (non-hydrogen) atoms. The minimum absolute atomic E-state index is 0.144. The number of imide groups is 1. The van der Waals surface area contributed by atoms with E-state index in [9.17, 15) is 18.0 Å². The van der Waals surface area contributed by atoms with Crippen molar-refractivity contribution >= 4 is 33.6 Å². The van der Waals surface area contributed by atoms with Gasteiger partial charge in [0.25, 0.3) is 5.91 Å². The first-order valence-electron chi connectivity index (χ1n) is 10.0. The summed E-state index contributed by atoms with van der Waals surface area (Å²) < 4.78 is 26.8. The monoisotopic (exact) mass is 443 g/mol. The van der Waals surface area contributed by atoms with E-state index < -0.39 is 16.1 Å². The summed E-state index contributed by atoms with van der Waals surface area (Å²) in [5, 5.41) is 5.74. The maximum atomic E-state index is 12.7. The number of hydrogen-bond acceptors (Lipinski definition) is 4. The van der Waals surface area contributed by atoms with E-state index in [0.717, 1.165) is 30.6 Å². The van der Waals surface area contributed by atoms with Crippen molar-refractivity contribution in [3.05, 3.63) is 29.3 Å². The Morgan fingerprint density at radius 2 is 1.69 bits per heavy atom. The molecule has 1 saturated carbocycles. The van der Waals surface area contributed by atoms with E-state index in [-0.39, 0.29) is 23.4 Å². The van der Waals surface area contributed by atoms with E-state index in [0.29, 0.717) is 31.2 Å². The molecule has 1 aliphatic heterocycles. The predicted molar refractivity (Wildman–Crippen MR) is 109 cm³/mol. The van der Waals surface area contributed by atoms with Gasteiger partial charge in [-0.05, 0) is 37.1 Å². The summed E-state index contributed by atoms with van der Waals surface area (Å²) in [6, 6.07) is 5.80. The Morgan fingerprint density at radius 1 is 1.07 bits per heavy atom. The van der Waals surface area contributed by atoms with Gasteiger partial charge >= 0.3 is 6.03 Å². The number of halogens is 1. The van der Waals surface area contributed by atoms with Crippen molar-refractivity contribution in [3.8, 4) is 0 Å². The molecule has 0 radical (unpaired) electrons. The number of nitrogens with zero attached hydrogens (tertiary/aromatic N) is 1. The van der Waals surface area contributed by atoms with Gasteiger partial charge < -0.3 is 10.2 Å². The number of quaternary nitrogens is 1. The highest BCUT2D eigenvalue weighted by atomic mass is 35.5. The molecule has 1 aliphatic carbocycles. The Kier molecular flexibility index (Phi) is 7.50. The molecule has 3 amide bonds. The van der Waals surface area contributed by atoms with Crippen molar-refractivity contribution in [2.24, 2.45) is 0 Å². The van der Waals surface area contributed by atoms with Crippen LogP contribution in [0, 0.1) is 0 Å². The molecule has 10 heteroatoms. The molecule has 2 fully saturated rings. The zero-order chi connectivity index (χ0) is 20.9. The van der Waals surface area contributed by atoms with Crippen LogP contribution in [0.5, 0.6) is 0 Å². The number of carbonyl (C=O) groups is 2. The van der Waals surface area contributed by atoms with Crippen LogP contribution in [0.4, 0.5) is 4.79 Å². The second-order valence-electron chi connectivity index (χ2n) is 7.64. The predicted octanol–water partition coefficient (Wildman–Crippen LogP) is 0.388. The van der Waals surface area contributed by atoms with Crippen molar-refractivity contribution < 1.29 is 22.9 Å². The molecule has 0 atom stereocenters. The molecule has 160 valence electrons. The van der Waals surface area contributed by atoms with Gasteiger partial charge in [0.15, 0.2) is 6.54 Å². The molecule has 0 spiro atoms. The molecule has 3 N–H and O–H groups in total. The summed E-state index contributed by atoms with van der Waals surface area (Å²) >= 11 is 5.83. The minimum Gasteiger partial charge on any atom is -0.335 e. The van der Waals surface area contributed by atoms with Gasteiger partial charge in [-0.3, -0.25) is 10.1 Å². The van der Waals surface area contributed by atoms with Crippen LogP contribution in [0.1, 0.15) is 32.1 Å². The number of carbonyl (C=O) groups excluding carboxylic acids is 2. The highest BCUT2D eigenvalue weighted by Gasteiger charge is 2.31. The number of sulfonamides is 1. The second kappa shape index (κ2) is 9.88. The van der Waals surface area contributed by atoms with Crippen molar-refractivity contribution in [1.29, 1.82) is 0 Å². The van der Waals surface area contributed by atoms with Crippen LogP contribution in [0.15, 0.2) is 29.2 Å². The van der Waals surface area contributed by atoms with Gasteiger partial charge in [0, 0.05) is 11.1 Å². The lowest BCUT2D eigenvalue weighted by atomic mass is 9.96. The molecule has 1 heterocycles. The molecule has 0 aromatic heterocycles. The van der Waals surface area contributed by atoms with Gasteiger partial charge in [0.05, 0.1) is 31.1 Å². The summed E-state index contributed by atoms with van der Waals surface area (Å²) in [5.74, 6) is -0.345. The van der Waals surface area contributed by atoms with Crippen LogP contribution in [0.2, 0.25) is 5.02 Å². The fourth-order valence-corrected chi connectivity index (χ4v) is 5.41. The molecule has 8 nitrogen and oxygen atoms in total. The number of nitrogens with one attached hydrogen (secondary N) is 3. The molecule has 0 bridgehead atoms. The number of benzene rings is 1. The molecule has 2 aliphatic rings. The summed E-state index contributed by atoms with van der Waals surface area (Å²) in [6.45, 7) is 1.80. The SMILES string of the molecule is O=C(C[NH+]1CCN(S(=O)(=O)c2ccc(Cl)cc2)CC1)NC(=O)NC1CCCCC1. The van der Waals surface area contributed by atoms with Crippen molar-refractivity contribution in [1.82, 2.24) is 14.9 Å². The number of piperazine rings is 1. The zero-order valence-corrected chi connectivity index (χ0v) is 17.9. The maximum Gasteiger partial charge on any atom is 0.321 e. The summed E-state index contributed by atoms with van der Waals surface area (Å²) in [4.78, 5) is 25.3. The normalized spacial score (nSPS) is 19.6. The van der Waals surface area contributed by atoms with Crippen molar-refractivity contribution in [2.45, 2.75) is 43.0 Å². The first kappa shape index (κ1) is 22.0. The average Bonchev–Trinajstić information content (AvgIpc) is 2.69. The van der Waals surface area contributed by atoms with E-state index in [1.807, 2.05) is 0 Å². The van der Waals surface area contributed by atoms with Crippen LogP contribution < -0.4 is 15.5 Å². The summed E-state index contributed by atoms with van der Waals surface area (Å²) in [6.07, 6.45) is 5.31. The Morgan fingerprint density at radius 3 is 2.31 bits per heavy atom. The third-order valence-electron chi connectivity index (χ3n) is 5.48. The third-order valence-corrected chi connectivity index (χ3v) is 7.65. The number of hydrogen-bond donors (Lipinski definition) is 3. The van der Waals surface area contributed by atoms with E-state index in [1.54, 1.807) is 12.1 Å². The van der Waals surface area contributed by atoms with Crippen LogP contribution in [-0.4, -0.2) is 63.4 Å². The van der Waals surface area contributed by atoms with E-state index in [2.05, 4.69) is 10.6 Å². The fourth-order valence-electron chi connectivity index (χ4n) is 3.84. The molecule has 1 saturated heterocycles. The van der Waals surface area contributed by atoms with Gasteiger partial charge in [-0.2, -0.15) is 4.31 Å². The lowest BCUT2D eigenvalue weighted by molar-refractivity contribution is -0.895. The van der Waals surface area contributed by atoms with Gasteiger partial charge in [0.1, 0.15) is 0 Å². The first-order valence-corrected chi connectivity index (χ1v) is 11.9. The van der Waals surface area contributed by atoms with E-state index in [1.165, 1.54) is 22.9 Å². The van der Waals surface area contributed by atoms with Crippen LogP contribution >= 0.6 is 11.6 Å². The van der Waals surface area contributed by atoms with Gasteiger partial charge in [-0.25, -0.2) is 13.2 Å². The van der Waals surface area contributed by atoms with Gasteiger partial charge in [-0.15, -0.1) is 0 Å². The average molecular weight is 444 g/mol. The lowest BCUT2D eigenvalue weighted by Gasteiger charge is -2.31. The van der Waals surface area contributed by atoms with E-state index >= 15 is 0 Å². The fraction of sp³-hybridized carbons (Fsp3) is 0.579. The molecule has 0 unspecified atom stereocenters. The molecule has 3 rings (SSSR count). The van der Waals surface area contributed by atoms with Crippen LogP contribution in [0.25, 0.3) is 0 Å². The van der Waals surface area contributed by atoms with Crippen LogP contribution in [0.3, 0.4) is 0 Å². The highest BCUT2D eigenvalue weighted by molar-refractivity contribution is 7.89. The molecular formula is C19H28ClN4O4S+. The number of rotatable bonds is 5. The number of urea groups is 1. The first-order chi connectivity index (χ1) is 13.8. The van der Waals surface area contributed by atoms with Gasteiger partial charge in [-0.1, -0.05) is 30.9 Å². The van der Waals surface area contributed by atoms with Gasteiger partial charge in [0.2, 0.25) is 10.0 Å². The highest BCUT2D eigenvalue weighted by Crippen LogP contribution is 2.18. The Hall–Kier alpha value is -1.68. The Balaban J connectivity index is 1.43. The smallest absolute Gasteiger partial charge is 0.321 e. The summed E-state index contributed by atoms with van der Waals surface area (Å²) in [7, 11) is -3.57. The topological polar surface area (TPSA) is 100 Å². The Labute approximate surface area is 176 Å². The largest absolute Gasteiger partial charge is 0.335 e. The second-order valence-corrected chi connectivity index (χ2v) is 10.0. The van der Waals surface area contributed by atoms with Crippen LogP contribution in [-0.2, 0) is 14.8 Å². The third kappa shape index (κ3) is 6.15. The maximum absolute atomic E-state index is 12.7. The minimum atomic E-state index is -3.57. The standard InChI is InChI=1S/C19H27ClN4O4S/c20-15-6-8-17(9-7-15)29(27,28)24-12-10-23(11-13-24)14-18(25)22-19(26)21-16-4-2-1-3-5-16/h6-9,16H,1-5,10-14H2,(H2,21,22,25,26)/p+1. The molecular weight excluding hydrogens is 416 g/mol. The summed E-state index contributed by atoms with van der Waals surface area (Å²) in [5.41, 5.74) is 0. The van der Waals surface area contributed by atoms with Crippen molar-refractivity contribution in [2.75, 3.05) is 32.7 Å². The number of amides is 3. The quantitative estimate of drug-likeness (QED) is 0.612. The molecule has 1 aromatic rings.